The number of rotatable bonds is 8. The van der Waals surface area contributed by atoms with E-state index >= 15 is 0 Å². The molecule has 0 aromatic carbocycles. The van der Waals surface area contributed by atoms with E-state index in [1.54, 1.807) is 0 Å². The summed E-state index contributed by atoms with van der Waals surface area (Å²) in [7, 11) is 0. The monoisotopic (exact) mass is 269 g/mol. The summed E-state index contributed by atoms with van der Waals surface area (Å²) in [6.07, 6.45) is 6.17. The lowest BCUT2D eigenvalue weighted by Gasteiger charge is -2.15. The number of ether oxygens (including phenoxy) is 1. The molecule has 19 heavy (non-hydrogen) atoms. The smallest absolute Gasteiger partial charge is 0.341 e. The van der Waals surface area contributed by atoms with Crippen molar-refractivity contribution in [1.29, 1.82) is 0 Å². The minimum Gasteiger partial charge on any atom is -0.477 e. The van der Waals surface area contributed by atoms with Crippen LogP contribution < -0.4 is 4.74 Å². The molecular formula is C14H20FNO3. The predicted molar refractivity (Wildman–Crippen MR) is 70.0 cm³/mol. The van der Waals surface area contributed by atoms with E-state index in [-0.39, 0.29) is 17.5 Å². The highest BCUT2D eigenvalue weighted by Gasteiger charge is 2.16. The average molecular weight is 269 g/mol. The van der Waals surface area contributed by atoms with E-state index < -0.39 is 11.8 Å². The highest BCUT2D eigenvalue weighted by Crippen LogP contribution is 2.19. The quantitative estimate of drug-likeness (QED) is 0.732. The Balaban J connectivity index is 2.58. The van der Waals surface area contributed by atoms with Gasteiger partial charge in [0.15, 0.2) is 0 Å². The van der Waals surface area contributed by atoms with Gasteiger partial charge in [-0.3, -0.25) is 0 Å². The topological polar surface area (TPSA) is 59.4 Å². The second kappa shape index (κ2) is 7.71. The van der Waals surface area contributed by atoms with Crippen LogP contribution in [0.2, 0.25) is 0 Å². The average Bonchev–Trinajstić information content (AvgIpc) is 2.36. The molecule has 0 saturated heterocycles. The van der Waals surface area contributed by atoms with Crippen molar-refractivity contribution in [3.63, 3.8) is 0 Å². The van der Waals surface area contributed by atoms with Crippen molar-refractivity contribution in [2.75, 3.05) is 0 Å². The first-order valence-corrected chi connectivity index (χ1v) is 6.60. The van der Waals surface area contributed by atoms with Crippen LogP contribution in [0.15, 0.2) is 12.3 Å². The summed E-state index contributed by atoms with van der Waals surface area (Å²) in [5, 5.41) is 8.96. The molecule has 0 saturated carbocycles. The third-order valence-corrected chi connectivity index (χ3v) is 2.83. The van der Waals surface area contributed by atoms with Crippen LogP contribution in [0.1, 0.15) is 56.3 Å². The minimum absolute atomic E-state index is 0.0168. The highest BCUT2D eigenvalue weighted by molar-refractivity contribution is 5.90. The summed E-state index contributed by atoms with van der Waals surface area (Å²) >= 11 is 0. The number of aromatic nitrogens is 1. The standard InChI is InChI=1S/C14H20FNO3/c1-3-4-5-6-7-10(2)19-13-12(14(17)18)8-11(15)9-16-13/h8-10H,3-7H2,1-2H3,(H,17,18). The number of aromatic carboxylic acids is 1. The van der Waals surface area contributed by atoms with Crippen LogP contribution in [0.3, 0.4) is 0 Å². The molecule has 4 nitrogen and oxygen atoms in total. The van der Waals surface area contributed by atoms with Gasteiger partial charge >= 0.3 is 5.97 Å². The Morgan fingerprint density at radius 1 is 1.47 bits per heavy atom. The fraction of sp³-hybridized carbons (Fsp3) is 0.571. The Morgan fingerprint density at radius 2 is 2.21 bits per heavy atom. The maximum absolute atomic E-state index is 13.0. The van der Waals surface area contributed by atoms with Gasteiger partial charge in [-0.2, -0.15) is 0 Å². The zero-order valence-electron chi connectivity index (χ0n) is 11.4. The molecular weight excluding hydrogens is 249 g/mol. The summed E-state index contributed by atoms with van der Waals surface area (Å²) in [5.74, 6) is -1.93. The number of carboxylic acid groups (broad SMARTS) is 1. The van der Waals surface area contributed by atoms with Crippen LogP contribution in [0, 0.1) is 5.82 Å². The molecule has 0 aliphatic heterocycles. The Labute approximate surface area is 112 Å². The maximum Gasteiger partial charge on any atom is 0.341 e. The third kappa shape index (κ3) is 5.24. The van der Waals surface area contributed by atoms with E-state index in [2.05, 4.69) is 11.9 Å². The van der Waals surface area contributed by atoms with E-state index in [4.69, 9.17) is 9.84 Å². The molecule has 1 atom stereocenters. The number of halogens is 1. The van der Waals surface area contributed by atoms with Gasteiger partial charge in [-0.1, -0.05) is 26.2 Å². The van der Waals surface area contributed by atoms with Gasteiger partial charge in [0.1, 0.15) is 11.4 Å². The SMILES string of the molecule is CCCCCCC(C)Oc1ncc(F)cc1C(=O)O. The van der Waals surface area contributed by atoms with Gasteiger partial charge in [-0.15, -0.1) is 0 Å². The number of unbranched alkanes of at least 4 members (excludes halogenated alkanes) is 3. The van der Waals surface area contributed by atoms with Crippen LogP contribution >= 0.6 is 0 Å². The summed E-state index contributed by atoms with van der Waals surface area (Å²) in [5.41, 5.74) is -0.236. The molecule has 0 spiro atoms. The summed E-state index contributed by atoms with van der Waals surface area (Å²) in [6.45, 7) is 4.00. The van der Waals surface area contributed by atoms with Crippen LogP contribution in [0.5, 0.6) is 5.88 Å². The van der Waals surface area contributed by atoms with E-state index in [0.717, 1.165) is 37.9 Å². The number of hydrogen-bond donors (Lipinski definition) is 1. The number of pyridine rings is 1. The van der Waals surface area contributed by atoms with Crippen molar-refractivity contribution in [2.24, 2.45) is 0 Å². The lowest BCUT2D eigenvalue weighted by Crippen LogP contribution is -2.15. The normalized spacial score (nSPS) is 12.2. The fourth-order valence-electron chi connectivity index (χ4n) is 1.78. The van der Waals surface area contributed by atoms with Gasteiger partial charge in [-0.05, 0) is 25.8 Å². The molecule has 0 aliphatic carbocycles. The Kier molecular flexibility index (Phi) is 6.25. The van der Waals surface area contributed by atoms with E-state index in [1.807, 2.05) is 6.92 Å². The van der Waals surface area contributed by atoms with Crippen LogP contribution in [-0.2, 0) is 0 Å². The Morgan fingerprint density at radius 3 is 2.84 bits per heavy atom. The number of nitrogens with zero attached hydrogens (tertiary/aromatic N) is 1. The molecule has 0 aliphatic rings. The first kappa shape index (κ1) is 15.4. The Hall–Kier alpha value is -1.65. The summed E-state index contributed by atoms with van der Waals surface area (Å²) < 4.78 is 18.4. The van der Waals surface area contributed by atoms with Crippen molar-refractivity contribution in [3.05, 3.63) is 23.6 Å². The molecule has 106 valence electrons. The molecule has 0 bridgehead atoms. The van der Waals surface area contributed by atoms with Crippen molar-refractivity contribution < 1.29 is 19.0 Å². The van der Waals surface area contributed by atoms with Gasteiger partial charge in [0.05, 0.1) is 12.3 Å². The number of hydrogen-bond acceptors (Lipinski definition) is 3. The van der Waals surface area contributed by atoms with Crippen molar-refractivity contribution in [3.8, 4) is 5.88 Å². The second-order valence-corrected chi connectivity index (χ2v) is 4.59. The number of carbonyl (C=O) groups is 1. The lowest BCUT2D eigenvalue weighted by molar-refractivity contribution is 0.0687. The van der Waals surface area contributed by atoms with Crippen molar-refractivity contribution >= 4 is 5.97 Å². The first-order valence-electron chi connectivity index (χ1n) is 6.60. The molecule has 1 aromatic rings. The van der Waals surface area contributed by atoms with Gasteiger partial charge in [0.2, 0.25) is 5.88 Å². The highest BCUT2D eigenvalue weighted by atomic mass is 19.1. The summed E-state index contributed by atoms with van der Waals surface area (Å²) in [6, 6.07) is 0.925. The van der Waals surface area contributed by atoms with Gasteiger partial charge in [0, 0.05) is 0 Å². The van der Waals surface area contributed by atoms with E-state index in [1.165, 1.54) is 6.42 Å². The van der Waals surface area contributed by atoms with Gasteiger partial charge in [0.25, 0.3) is 0 Å². The molecule has 1 rings (SSSR count). The largest absolute Gasteiger partial charge is 0.477 e. The van der Waals surface area contributed by atoms with Crippen LogP contribution in [0.4, 0.5) is 4.39 Å². The fourth-order valence-corrected chi connectivity index (χ4v) is 1.78. The molecule has 0 fully saturated rings. The molecule has 1 unspecified atom stereocenters. The van der Waals surface area contributed by atoms with Crippen LogP contribution in [-0.4, -0.2) is 22.2 Å². The minimum atomic E-state index is -1.24. The van der Waals surface area contributed by atoms with Gasteiger partial charge < -0.3 is 9.84 Å². The van der Waals surface area contributed by atoms with Crippen molar-refractivity contribution in [1.82, 2.24) is 4.98 Å². The lowest BCUT2D eigenvalue weighted by atomic mass is 10.1. The zero-order chi connectivity index (χ0) is 14.3. The molecule has 1 N–H and O–H groups in total. The number of carboxylic acids is 1. The molecule has 0 radical (unpaired) electrons. The van der Waals surface area contributed by atoms with Gasteiger partial charge in [-0.25, -0.2) is 14.2 Å². The second-order valence-electron chi connectivity index (χ2n) is 4.59. The summed E-state index contributed by atoms with van der Waals surface area (Å²) in [4.78, 5) is 14.7. The van der Waals surface area contributed by atoms with Crippen molar-refractivity contribution in [2.45, 2.75) is 52.1 Å². The zero-order valence-corrected chi connectivity index (χ0v) is 11.4. The first-order chi connectivity index (χ1) is 9.04. The van der Waals surface area contributed by atoms with Crippen LogP contribution in [0.25, 0.3) is 0 Å². The Bertz CT molecular complexity index is 423. The third-order valence-electron chi connectivity index (χ3n) is 2.83. The molecule has 1 heterocycles. The van der Waals surface area contributed by atoms with E-state index in [9.17, 15) is 9.18 Å². The molecule has 5 heteroatoms. The molecule has 0 amide bonds. The molecule has 1 aromatic heterocycles. The maximum atomic E-state index is 13.0. The van der Waals surface area contributed by atoms with E-state index in [0.29, 0.717) is 0 Å². The predicted octanol–water partition coefficient (Wildman–Crippen LogP) is 3.66.